The number of alkyl carbamates (subject to hydrolysis) is 1. The van der Waals surface area contributed by atoms with Crippen molar-refractivity contribution in [3.63, 3.8) is 0 Å². The van der Waals surface area contributed by atoms with Gasteiger partial charge < -0.3 is 58.1 Å². The molecule has 7 rings (SSSR count). The molecule has 4 bridgehead atoms. The van der Waals surface area contributed by atoms with Gasteiger partial charge in [0.15, 0.2) is 5.72 Å². The third-order valence-corrected chi connectivity index (χ3v) is 17.8. The fraction of sp³-hybridized carbons (Fsp3) is 0.593. The molecule has 22 nitrogen and oxygen atoms in total. The molecule has 6 amide bonds. The van der Waals surface area contributed by atoms with E-state index in [1.807, 2.05) is 32.1 Å². The fourth-order valence-electron chi connectivity index (χ4n) is 10.9. The fourth-order valence-corrected chi connectivity index (χ4v) is 12.4. The zero-order valence-electron chi connectivity index (χ0n) is 48.6. The largest absolute Gasteiger partial charge is 0.513 e. The van der Waals surface area contributed by atoms with Crippen LogP contribution < -0.4 is 25.0 Å². The second kappa shape index (κ2) is 28.6. The maximum absolute atomic E-state index is 14.4. The number of halogens is 1. The molecule has 0 unspecified atom stereocenters. The summed E-state index contributed by atoms with van der Waals surface area (Å²) < 4.78 is 45.1. The minimum atomic E-state index is -1.89. The van der Waals surface area contributed by atoms with Crippen molar-refractivity contribution in [3.8, 4) is 11.5 Å². The van der Waals surface area contributed by atoms with Gasteiger partial charge >= 0.3 is 18.2 Å². The van der Waals surface area contributed by atoms with Gasteiger partial charge in [0.2, 0.25) is 29.5 Å². The number of nitrogens with one attached hydrogen (secondary N) is 2. The molecule has 9 atom stereocenters. The lowest BCUT2D eigenvalue weighted by Gasteiger charge is -2.42. The first kappa shape index (κ1) is 64.3. The van der Waals surface area contributed by atoms with Crippen molar-refractivity contribution in [3.05, 3.63) is 76.3 Å². The van der Waals surface area contributed by atoms with Gasteiger partial charge in [0.1, 0.15) is 53.1 Å². The molecule has 4 aliphatic heterocycles. The summed E-state index contributed by atoms with van der Waals surface area (Å²) in [6.07, 6.45) is 1.93. The van der Waals surface area contributed by atoms with Crippen LogP contribution in [0.5, 0.6) is 11.5 Å². The first-order valence-electron chi connectivity index (χ1n) is 28.0. The van der Waals surface area contributed by atoms with Crippen LogP contribution in [-0.4, -0.2) is 177 Å². The van der Waals surface area contributed by atoms with Crippen LogP contribution in [0.4, 0.5) is 15.3 Å². The van der Waals surface area contributed by atoms with E-state index in [0.717, 1.165) is 16.7 Å². The Hall–Kier alpha value is -6.24. The molecule has 3 saturated heterocycles. The lowest BCUT2D eigenvalue weighted by Crippen LogP contribution is -2.63. The Kier molecular flexibility index (Phi) is 22.1. The van der Waals surface area contributed by atoms with Crippen molar-refractivity contribution in [2.75, 3.05) is 71.9 Å². The van der Waals surface area contributed by atoms with Crippen LogP contribution in [-0.2, 0) is 63.6 Å². The number of likely N-dealkylation sites (N-methyl/N-ethyl adjacent to an activating group) is 1. The number of likely N-dealkylation sites (tertiary alicyclic amines) is 1. The summed E-state index contributed by atoms with van der Waals surface area (Å²) in [6, 6.07) is 9.36. The molecule has 2 aromatic rings. The first-order valence-corrected chi connectivity index (χ1v) is 29.4. The highest BCUT2D eigenvalue weighted by molar-refractivity contribution is 8.00. The molecule has 1 aliphatic carbocycles. The molecule has 0 spiro atoms. The molecule has 454 valence electrons. The number of nitrogens with zero attached hydrogens (tertiary/aromatic N) is 3. The number of fused-ring (bicyclic) bond motifs is 5. The summed E-state index contributed by atoms with van der Waals surface area (Å²) in [5.41, 5.74) is -0.177. The molecule has 5 aliphatic rings. The van der Waals surface area contributed by atoms with Gasteiger partial charge in [-0.2, -0.15) is 0 Å². The summed E-state index contributed by atoms with van der Waals surface area (Å²) >= 11 is 8.03. The monoisotopic (exact) mass is 1200 g/mol. The van der Waals surface area contributed by atoms with E-state index in [1.165, 1.54) is 54.7 Å². The Morgan fingerprint density at radius 1 is 1.00 bits per heavy atom. The van der Waals surface area contributed by atoms with Crippen molar-refractivity contribution in [2.24, 2.45) is 17.8 Å². The Balaban J connectivity index is 0.890. The first-order chi connectivity index (χ1) is 39.4. The Morgan fingerprint density at radius 3 is 2.42 bits per heavy atom. The number of thioether (sulfide) groups is 1. The molecule has 0 aromatic heterocycles. The molecule has 4 fully saturated rings. The van der Waals surface area contributed by atoms with Gasteiger partial charge in [-0.3, -0.25) is 34.2 Å². The van der Waals surface area contributed by atoms with Crippen LogP contribution in [0, 0.1) is 24.7 Å². The van der Waals surface area contributed by atoms with Crippen LogP contribution in [0.1, 0.15) is 90.2 Å². The van der Waals surface area contributed by atoms with E-state index in [1.54, 1.807) is 57.3 Å². The Morgan fingerprint density at radius 2 is 1.72 bits per heavy atom. The molecule has 83 heavy (non-hydrogen) atoms. The summed E-state index contributed by atoms with van der Waals surface area (Å²) in [4.78, 5) is 111. The number of rotatable bonds is 19. The number of amides is 6. The van der Waals surface area contributed by atoms with Gasteiger partial charge in [-0.1, -0.05) is 60.0 Å². The molecular formula is C59H78ClN5O17S. The third-order valence-electron chi connectivity index (χ3n) is 16.2. The SMILES string of the molecule is COc1cc2cc(c1Cl)N(C)C(=O)C[C@H](OC(=O)[C@H](C)N(C)C(=O)CCS[C@H]1CC(=O)N(CC3CCC(C(=O)NCCOCCOC(=O)Oc4ccc(C)cc4)CC3)C1=O)[C@]1(C)O[C@H]1[C@H](C)[C@@H]1C[C@@](O)(NC(=O)O1)[C@H](OC)/C=C/C=C(\C)C2. The van der Waals surface area contributed by atoms with Crippen LogP contribution in [0.2, 0.25) is 5.02 Å². The number of aliphatic hydroxyl groups is 1. The number of benzene rings is 2. The van der Waals surface area contributed by atoms with E-state index in [4.69, 9.17) is 49.5 Å². The van der Waals surface area contributed by atoms with Gasteiger partial charge in [-0.25, -0.2) is 14.4 Å². The molecular weight excluding hydrogens is 1120 g/mol. The van der Waals surface area contributed by atoms with Gasteiger partial charge in [0, 0.05) is 71.1 Å². The van der Waals surface area contributed by atoms with Gasteiger partial charge in [0.05, 0.1) is 43.8 Å². The summed E-state index contributed by atoms with van der Waals surface area (Å²) in [6.45, 7) is 9.64. The maximum atomic E-state index is 14.4. The zero-order chi connectivity index (χ0) is 60.3. The highest BCUT2D eigenvalue weighted by Gasteiger charge is 2.64. The highest BCUT2D eigenvalue weighted by Crippen LogP contribution is 2.49. The van der Waals surface area contributed by atoms with Crippen molar-refractivity contribution >= 4 is 76.8 Å². The van der Waals surface area contributed by atoms with Crippen LogP contribution in [0.3, 0.4) is 0 Å². The number of esters is 1. The molecule has 0 radical (unpaired) electrons. The number of methoxy groups -OCH3 is 2. The summed E-state index contributed by atoms with van der Waals surface area (Å²) in [5, 5.41) is 16.8. The predicted octanol–water partition coefficient (Wildman–Crippen LogP) is 6.23. The number of carbonyl (C=O) groups excluding carboxylic acids is 8. The van der Waals surface area contributed by atoms with E-state index < -0.39 is 89.4 Å². The standard InChI is InChI=1S/C59H78ClN5O17S/c1-34-13-19-41(20-14-34)79-57(73)78-25-24-77-23-22-61-53(69)40-17-15-38(16-18-40)33-65-50(68)30-45(54(65)70)83-26-21-48(66)63(6)37(4)55(71)81-47-31-49(67)64(7)42-28-39(29-43(75-8)51(42)60)27-35(2)11-10-12-46(76-9)59(74)32-44(80-56(72)62-59)36(3)52-58(47,5)82-52/h10-14,19-20,28-29,36-38,40,44-47,52,74H,15-18,21-27,30-33H2,1-9H3,(H,61,69)(H,62,72)/b12-10+,35-11+/t36-,37+,38?,40?,44+,45+,46-,47+,52+,58+,59+/m1/s1. The molecule has 1 saturated carbocycles. The number of allylic oxidation sites excluding steroid dienone is 3. The topological polar surface area (TPSA) is 268 Å². The van der Waals surface area contributed by atoms with E-state index in [0.29, 0.717) is 49.3 Å². The van der Waals surface area contributed by atoms with Crippen LogP contribution in [0.15, 0.2) is 60.2 Å². The molecule has 2 aromatic carbocycles. The summed E-state index contributed by atoms with van der Waals surface area (Å²) in [7, 11) is 5.87. The van der Waals surface area contributed by atoms with E-state index in [2.05, 4.69) is 10.6 Å². The second-order valence-electron chi connectivity index (χ2n) is 22.2. The highest BCUT2D eigenvalue weighted by atomic mass is 35.5. The number of anilines is 1. The third kappa shape index (κ3) is 16.4. The average molecular weight is 1200 g/mol. The minimum Gasteiger partial charge on any atom is -0.495 e. The number of ether oxygens (including phenoxy) is 8. The predicted molar refractivity (Wildman–Crippen MR) is 306 cm³/mol. The van der Waals surface area contributed by atoms with Gasteiger partial charge in [0.25, 0.3) is 0 Å². The van der Waals surface area contributed by atoms with Crippen molar-refractivity contribution in [2.45, 2.75) is 139 Å². The van der Waals surface area contributed by atoms with Crippen LogP contribution in [0.25, 0.3) is 0 Å². The quantitative estimate of drug-likeness (QED) is 0.0351. The van der Waals surface area contributed by atoms with Crippen molar-refractivity contribution in [1.29, 1.82) is 0 Å². The number of epoxide rings is 1. The van der Waals surface area contributed by atoms with E-state index in [9.17, 15) is 43.5 Å². The Bertz CT molecular complexity index is 2780. The zero-order valence-corrected chi connectivity index (χ0v) is 50.2. The number of carbonyl (C=O) groups is 8. The van der Waals surface area contributed by atoms with E-state index in [-0.39, 0.29) is 92.5 Å². The lowest BCUT2D eigenvalue weighted by molar-refractivity contribution is -0.162. The van der Waals surface area contributed by atoms with Crippen LogP contribution >= 0.6 is 23.4 Å². The lowest BCUT2D eigenvalue weighted by atomic mass is 9.81. The van der Waals surface area contributed by atoms with Crippen molar-refractivity contribution in [1.82, 2.24) is 20.4 Å². The maximum Gasteiger partial charge on any atom is 0.513 e. The minimum absolute atomic E-state index is 0.00958. The Labute approximate surface area is 493 Å². The normalized spacial score (nSPS) is 28.8. The number of imide groups is 1. The van der Waals surface area contributed by atoms with Gasteiger partial charge in [-0.05, 0) is 95.5 Å². The molecule has 4 heterocycles. The smallest absolute Gasteiger partial charge is 0.495 e. The van der Waals surface area contributed by atoms with Crippen molar-refractivity contribution < 1.29 is 81.4 Å². The second-order valence-corrected chi connectivity index (χ2v) is 23.9. The number of hydrogen-bond acceptors (Lipinski definition) is 18. The molecule has 3 N–H and O–H groups in total. The van der Waals surface area contributed by atoms with Gasteiger partial charge in [-0.15, -0.1) is 11.8 Å². The average Bonchev–Trinajstić information content (AvgIpc) is 1.92. The van der Waals surface area contributed by atoms with E-state index >= 15 is 0 Å². The molecule has 24 heteroatoms. The number of aryl methyl sites for hydroxylation is 1. The number of hydrogen-bond donors (Lipinski definition) is 3. The summed E-state index contributed by atoms with van der Waals surface area (Å²) in [5.74, 6) is -2.36.